The van der Waals surface area contributed by atoms with E-state index < -0.39 is 6.09 Å². The van der Waals surface area contributed by atoms with E-state index in [0.717, 1.165) is 35.8 Å². The lowest BCUT2D eigenvalue weighted by Crippen LogP contribution is -2.42. The Balaban J connectivity index is 2.21. The number of nitrogens with zero attached hydrogens (tertiary/aromatic N) is 1. The summed E-state index contributed by atoms with van der Waals surface area (Å²) >= 11 is 3.46. The van der Waals surface area contributed by atoms with Crippen LogP contribution in [-0.2, 0) is 4.74 Å². The van der Waals surface area contributed by atoms with Crippen LogP contribution >= 0.6 is 15.9 Å². The number of hydrogen-bond donors (Lipinski definition) is 1. The number of nitrogens with two attached hydrogens (primary N) is 1. The van der Waals surface area contributed by atoms with Crippen LogP contribution in [0, 0.1) is 0 Å². The predicted octanol–water partition coefficient (Wildman–Crippen LogP) is 2.33. The smallest absolute Gasteiger partial charge is 0.404 e. The lowest BCUT2D eigenvalue weighted by atomic mass is 10.1. The number of aldehydes is 1. The number of rotatable bonds is 3. The van der Waals surface area contributed by atoms with Gasteiger partial charge in [-0.15, -0.1) is 0 Å². The van der Waals surface area contributed by atoms with Crippen LogP contribution < -0.4 is 10.6 Å². The van der Waals surface area contributed by atoms with Gasteiger partial charge in [0.25, 0.3) is 0 Å². The van der Waals surface area contributed by atoms with Crippen LogP contribution in [0.3, 0.4) is 0 Å². The summed E-state index contributed by atoms with van der Waals surface area (Å²) in [5, 5.41) is 0. The number of para-hydroxylation sites is 1. The number of piperidine rings is 1. The number of amides is 1. The number of ether oxygens (including phenoxy) is 1. The molecule has 0 aromatic heterocycles. The second kappa shape index (κ2) is 6.06. The Morgan fingerprint density at radius 2 is 2.32 bits per heavy atom. The minimum atomic E-state index is -0.755. The number of halogens is 1. The number of benzene rings is 1. The Hall–Kier alpha value is -1.56. The summed E-state index contributed by atoms with van der Waals surface area (Å²) in [4.78, 5) is 24.0. The number of hydrogen-bond acceptors (Lipinski definition) is 4. The summed E-state index contributed by atoms with van der Waals surface area (Å²) in [5.41, 5.74) is 6.51. The van der Waals surface area contributed by atoms with Gasteiger partial charge >= 0.3 is 6.09 Å². The number of anilines is 1. The van der Waals surface area contributed by atoms with Gasteiger partial charge in [0.05, 0.1) is 12.2 Å². The van der Waals surface area contributed by atoms with Gasteiger partial charge in [0.15, 0.2) is 6.29 Å². The molecule has 0 spiro atoms. The van der Waals surface area contributed by atoms with Gasteiger partial charge in [-0.1, -0.05) is 6.07 Å². The number of carbonyl (C=O) groups excluding carboxylic acids is 2. The molecular weight excluding hydrogens is 312 g/mol. The third-order valence-electron chi connectivity index (χ3n) is 3.12. The maximum absolute atomic E-state index is 11.1. The van der Waals surface area contributed by atoms with Gasteiger partial charge in [0, 0.05) is 16.6 Å². The first kappa shape index (κ1) is 13.9. The predicted molar refractivity (Wildman–Crippen MR) is 75.4 cm³/mol. The van der Waals surface area contributed by atoms with Crippen LogP contribution in [0.5, 0.6) is 0 Å². The molecule has 1 amide bonds. The molecule has 5 nitrogen and oxygen atoms in total. The molecule has 6 heteroatoms. The van der Waals surface area contributed by atoms with E-state index in [1.54, 1.807) is 6.07 Å². The van der Waals surface area contributed by atoms with Crippen LogP contribution in [0.15, 0.2) is 22.7 Å². The fourth-order valence-electron chi connectivity index (χ4n) is 2.36. The minimum Gasteiger partial charge on any atom is -0.445 e. The Labute approximate surface area is 119 Å². The van der Waals surface area contributed by atoms with E-state index in [1.807, 2.05) is 17.0 Å². The highest BCUT2D eigenvalue weighted by molar-refractivity contribution is 9.10. The van der Waals surface area contributed by atoms with Crippen molar-refractivity contribution < 1.29 is 14.3 Å². The average Bonchev–Trinajstić information content (AvgIpc) is 2.37. The monoisotopic (exact) mass is 326 g/mol. The van der Waals surface area contributed by atoms with E-state index in [4.69, 9.17) is 10.5 Å². The van der Waals surface area contributed by atoms with Gasteiger partial charge in [-0.3, -0.25) is 4.79 Å². The summed E-state index contributed by atoms with van der Waals surface area (Å²) in [7, 11) is 0. The average molecular weight is 327 g/mol. The molecule has 0 aliphatic carbocycles. The third-order valence-corrected chi connectivity index (χ3v) is 3.76. The largest absolute Gasteiger partial charge is 0.445 e. The second-order valence-corrected chi connectivity index (χ2v) is 5.30. The SMILES string of the molecule is NC(=O)OC1CCCN(c2c(Br)cccc2C=O)C1. The first-order valence-electron chi connectivity index (χ1n) is 6.06. The minimum absolute atomic E-state index is 0.224. The molecule has 1 heterocycles. The van der Waals surface area contributed by atoms with Crippen LogP contribution in [0.1, 0.15) is 23.2 Å². The Kier molecular flexibility index (Phi) is 4.42. The van der Waals surface area contributed by atoms with Gasteiger partial charge in [-0.25, -0.2) is 4.79 Å². The van der Waals surface area contributed by atoms with Gasteiger partial charge < -0.3 is 15.4 Å². The molecule has 1 saturated heterocycles. The highest BCUT2D eigenvalue weighted by Gasteiger charge is 2.25. The molecule has 1 aromatic carbocycles. The lowest BCUT2D eigenvalue weighted by Gasteiger charge is -2.34. The molecule has 0 saturated carbocycles. The van der Waals surface area contributed by atoms with Crippen LogP contribution in [0.4, 0.5) is 10.5 Å². The molecular formula is C13H15BrN2O3. The molecule has 1 atom stereocenters. The Morgan fingerprint density at radius 1 is 1.53 bits per heavy atom. The normalized spacial score (nSPS) is 19.0. The maximum atomic E-state index is 11.1. The van der Waals surface area contributed by atoms with Crippen molar-refractivity contribution in [3.05, 3.63) is 28.2 Å². The molecule has 1 aliphatic heterocycles. The van der Waals surface area contributed by atoms with Crippen LogP contribution in [0.25, 0.3) is 0 Å². The van der Waals surface area contributed by atoms with Gasteiger partial charge in [0.2, 0.25) is 0 Å². The molecule has 1 unspecified atom stereocenters. The number of carbonyl (C=O) groups is 2. The van der Waals surface area contributed by atoms with Crippen molar-refractivity contribution in [2.75, 3.05) is 18.0 Å². The summed E-state index contributed by atoms with van der Waals surface area (Å²) in [6.45, 7) is 1.37. The molecule has 0 radical (unpaired) electrons. The molecule has 2 N–H and O–H groups in total. The van der Waals surface area contributed by atoms with Crippen molar-refractivity contribution in [2.24, 2.45) is 5.73 Å². The van der Waals surface area contributed by atoms with Crippen molar-refractivity contribution >= 4 is 34.0 Å². The fourth-order valence-corrected chi connectivity index (χ4v) is 2.99. The molecule has 2 rings (SSSR count). The summed E-state index contributed by atoms with van der Waals surface area (Å²) in [6, 6.07) is 5.48. The van der Waals surface area contributed by atoms with Crippen molar-refractivity contribution in [2.45, 2.75) is 18.9 Å². The molecule has 19 heavy (non-hydrogen) atoms. The molecule has 1 aromatic rings. The highest BCUT2D eigenvalue weighted by atomic mass is 79.9. The van der Waals surface area contributed by atoms with Crippen molar-refractivity contribution in [1.29, 1.82) is 0 Å². The van der Waals surface area contributed by atoms with E-state index in [-0.39, 0.29) is 6.10 Å². The fraction of sp³-hybridized carbons (Fsp3) is 0.385. The summed E-state index contributed by atoms with van der Waals surface area (Å²) in [6.07, 6.45) is 1.53. The number of primary amides is 1. The second-order valence-electron chi connectivity index (χ2n) is 4.44. The van der Waals surface area contributed by atoms with E-state index in [1.165, 1.54) is 0 Å². The first-order valence-corrected chi connectivity index (χ1v) is 6.86. The third kappa shape index (κ3) is 3.26. The summed E-state index contributed by atoms with van der Waals surface area (Å²) < 4.78 is 5.91. The van der Waals surface area contributed by atoms with Gasteiger partial charge in [-0.05, 0) is 40.9 Å². The van der Waals surface area contributed by atoms with Crippen molar-refractivity contribution in [1.82, 2.24) is 0 Å². The molecule has 1 aliphatic rings. The first-order chi connectivity index (χ1) is 9.11. The van der Waals surface area contributed by atoms with Crippen LogP contribution in [-0.4, -0.2) is 31.6 Å². The van der Waals surface area contributed by atoms with E-state index in [2.05, 4.69) is 15.9 Å². The highest BCUT2D eigenvalue weighted by Crippen LogP contribution is 2.31. The van der Waals surface area contributed by atoms with E-state index in [9.17, 15) is 9.59 Å². The van der Waals surface area contributed by atoms with Gasteiger partial charge in [-0.2, -0.15) is 0 Å². The van der Waals surface area contributed by atoms with Gasteiger partial charge in [0.1, 0.15) is 6.10 Å². The lowest BCUT2D eigenvalue weighted by molar-refractivity contribution is 0.0963. The van der Waals surface area contributed by atoms with Crippen molar-refractivity contribution in [3.8, 4) is 0 Å². The maximum Gasteiger partial charge on any atom is 0.404 e. The topological polar surface area (TPSA) is 72.6 Å². The zero-order valence-corrected chi connectivity index (χ0v) is 11.9. The van der Waals surface area contributed by atoms with E-state index in [0.29, 0.717) is 12.1 Å². The summed E-state index contributed by atoms with van der Waals surface area (Å²) in [5.74, 6) is 0. The Morgan fingerprint density at radius 3 is 3.00 bits per heavy atom. The van der Waals surface area contributed by atoms with Crippen molar-refractivity contribution in [3.63, 3.8) is 0 Å². The zero-order chi connectivity index (χ0) is 13.8. The zero-order valence-electron chi connectivity index (χ0n) is 10.3. The molecule has 1 fully saturated rings. The Bertz CT molecular complexity index is 493. The molecule has 102 valence electrons. The van der Waals surface area contributed by atoms with Crippen LogP contribution in [0.2, 0.25) is 0 Å². The quantitative estimate of drug-likeness (QED) is 0.865. The molecule has 0 bridgehead atoms. The standard InChI is InChI=1S/C13H15BrN2O3/c14-11-5-1-3-9(8-17)12(11)16-6-2-4-10(7-16)19-13(15)18/h1,3,5,8,10H,2,4,6-7H2,(H2,15,18). The van der Waals surface area contributed by atoms with E-state index >= 15 is 0 Å².